The fraction of sp³-hybridized carbons (Fsp3) is 0.696. The first-order valence-electron chi connectivity index (χ1n) is 11.5. The van der Waals surface area contributed by atoms with E-state index in [-0.39, 0.29) is 5.78 Å². The van der Waals surface area contributed by atoms with Gasteiger partial charge in [-0.2, -0.15) is 5.10 Å². The Labute approximate surface area is 174 Å². The van der Waals surface area contributed by atoms with E-state index < -0.39 is 0 Å². The number of aromatic nitrogens is 3. The number of rotatable bonds is 6. The van der Waals surface area contributed by atoms with Crippen LogP contribution >= 0.6 is 0 Å². The molecule has 29 heavy (non-hydrogen) atoms. The Balaban J connectivity index is 1.47. The van der Waals surface area contributed by atoms with Gasteiger partial charge in [-0.1, -0.05) is 19.8 Å². The summed E-state index contributed by atoms with van der Waals surface area (Å²) in [6, 6.07) is 4.14. The van der Waals surface area contributed by atoms with Crippen molar-refractivity contribution in [3.63, 3.8) is 0 Å². The van der Waals surface area contributed by atoms with Crippen LogP contribution < -0.4 is 4.90 Å². The summed E-state index contributed by atoms with van der Waals surface area (Å²) in [6.45, 7) is 7.79. The second kappa shape index (κ2) is 9.24. The summed E-state index contributed by atoms with van der Waals surface area (Å²) >= 11 is 0. The van der Waals surface area contributed by atoms with Crippen LogP contribution in [0.1, 0.15) is 68.8 Å². The lowest BCUT2D eigenvalue weighted by atomic mass is 9.90. The largest absolute Gasteiger partial charge is 0.357 e. The van der Waals surface area contributed by atoms with Gasteiger partial charge in [0.05, 0.1) is 5.39 Å². The van der Waals surface area contributed by atoms with Gasteiger partial charge in [0.15, 0.2) is 11.4 Å². The molecule has 0 aliphatic carbocycles. The van der Waals surface area contributed by atoms with Crippen molar-refractivity contribution in [2.45, 2.75) is 58.3 Å². The number of nitrogens with zero attached hydrogens (tertiary/aromatic N) is 5. The van der Waals surface area contributed by atoms with Crippen molar-refractivity contribution in [3.8, 4) is 0 Å². The van der Waals surface area contributed by atoms with Crippen LogP contribution in [0.25, 0.3) is 11.0 Å². The van der Waals surface area contributed by atoms with E-state index in [9.17, 15) is 4.79 Å². The summed E-state index contributed by atoms with van der Waals surface area (Å²) in [5.41, 5.74) is 1.43. The number of carbonyl (C=O) groups is 1. The minimum absolute atomic E-state index is 0.175. The molecule has 0 N–H and O–H groups in total. The van der Waals surface area contributed by atoms with Crippen LogP contribution in [0, 0.1) is 5.92 Å². The SMILES string of the molecule is CCCN1CCC(CC(=O)c2nn(C)c3nc(N4CCCCCC4)ccc23)CC1. The third-order valence-electron chi connectivity index (χ3n) is 6.59. The molecular weight excluding hydrogens is 362 g/mol. The first kappa shape index (κ1) is 20.3. The lowest BCUT2D eigenvalue weighted by Crippen LogP contribution is -2.34. The maximum absolute atomic E-state index is 13.1. The van der Waals surface area contributed by atoms with Gasteiger partial charge in [-0.3, -0.25) is 4.79 Å². The number of anilines is 1. The number of piperidine rings is 1. The summed E-state index contributed by atoms with van der Waals surface area (Å²) in [7, 11) is 1.90. The molecule has 6 nitrogen and oxygen atoms in total. The zero-order chi connectivity index (χ0) is 20.2. The minimum atomic E-state index is 0.175. The number of Topliss-reactive ketones (excluding diaryl/α,β-unsaturated/α-hetero) is 1. The number of ketones is 1. The summed E-state index contributed by atoms with van der Waals surface area (Å²) in [5, 5.41) is 5.48. The lowest BCUT2D eigenvalue weighted by molar-refractivity contribution is 0.0924. The van der Waals surface area contributed by atoms with Crippen molar-refractivity contribution in [1.29, 1.82) is 0 Å². The molecule has 2 saturated heterocycles. The summed E-state index contributed by atoms with van der Waals surface area (Å²) < 4.78 is 1.79. The molecule has 0 amide bonds. The number of pyridine rings is 1. The Bertz CT molecular complexity index is 829. The number of likely N-dealkylation sites (tertiary alicyclic amines) is 1. The van der Waals surface area contributed by atoms with Gasteiger partial charge in [-0.05, 0) is 69.8 Å². The molecule has 2 aromatic rings. The van der Waals surface area contributed by atoms with E-state index in [1.165, 1.54) is 38.6 Å². The van der Waals surface area contributed by atoms with Crippen LogP contribution in [-0.2, 0) is 7.05 Å². The molecule has 2 aliphatic heterocycles. The zero-order valence-corrected chi connectivity index (χ0v) is 18.1. The molecule has 2 fully saturated rings. The summed E-state index contributed by atoms with van der Waals surface area (Å²) in [4.78, 5) is 22.8. The number of hydrogen-bond donors (Lipinski definition) is 0. The van der Waals surface area contributed by atoms with Gasteiger partial charge >= 0.3 is 0 Å². The van der Waals surface area contributed by atoms with Crippen LogP contribution in [-0.4, -0.2) is 58.2 Å². The standard InChI is InChI=1S/C23H35N5O/c1-3-12-27-15-10-18(11-16-27)17-20(29)22-19-8-9-21(24-23(19)26(2)25-22)28-13-6-4-5-7-14-28/h8-9,18H,3-7,10-17H2,1-2H3. The Morgan fingerprint density at radius 1 is 1.07 bits per heavy atom. The third-order valence-corrected chi connectivity index (χ3v) is 6.59. The van der Waals surface area contributed by atoms with Crippen molar-refractivity contribution in [2.75, 3.05) is 37.6 Å². The van der Waals surface area contributed by atoms with Crippen LogP contribution in [0.4, 0.5) is 5.82 Å². The van der Waals surface area contributed by atoms with Crippen LogP contribution in [0.2, 0.25) is 0 Å². The molecule has 0 atom stereocenters. The van der Waals surface area contributed by atoms with E-state index in [1.807, 2.05) is 7.05 Å². The predicted octanol–water partition coefficient (Wildman–Crippen LogP) is 4.04. The van der Waals surface area contributed by atoms with Crippen molar-refractivity contribution in [1.82, 2.24) is 19.7 Å². The smallest absolute Gasteiger partial charge is 0.184 e. The van der Waals surface area contributed by atoms with Crippen molar-refractivity contribution in [2.24, 2.45) is 13.0 Å². The average molecular weight is 398 g/mol. The molecular formula is C23H35N5O. The number of fused-ring (bicyclic) bond motifs is 1. The van der Waals surface area contributed by atoms with Gasteiger partial charge < -0.3 is 9.80 Å². The first-order valence-corrected chi connectivity index (χ1v) is 11.5. The Morgan fingerprint density at radius 2 is 1.79 bits per heavy atom. The van der Waals surface area contributed by atoms with Gasteiger partial charge in [0.25, 0.3) is 0 Å². The van der Waals surface area contributed by atoms with Crippen LogP contribution in [0.5, 0.6) is 0 Å². The first-order chi connectivity index (χ1) is 14.2. The second-order valence-corrected chi connectivity index (χ2v) is 8.83. The number of carbonyl (C=O) groups excluding carboxylic acids is 1. The fourth-order valence-electron chi connectivity index (χ4n) is 4.89. The van der Waals surface area contributed by atoms with Crippen LogP contribution in [0.3, 0.4) is 0 Å². The van der Waals surface area contributed by atoms with Crippen molar-refractivity contribution < 1.29 is 4.79 Å². The highest BCUT2D eigenvalue weighted by Crippen LogP contribution is 2.27. The highest BCUT2D eigenvalue weighted by atomic mass is 16.1. The Hall–Kier alpha value is -1.95. The quantitative estimate of drug-likeness (QED) is 0.689. The maximum atomic E-state index is 13.1. The molecule has 4 rings (SSSR count). The molecule has 2 aliphatic rings. The fourth-order valence-corrected chi connectivity index (χ4v) is 4.89. The molecule has 4 heterocycles. The van der Waals surface area contributed by atoms with E-state index in [4.69, 9.17) is 4.98 Å². The molecule has 6 heteroatoms. The molecule has 0 saturated carbocycles. The van der Waals surface area contributed by atoms with E-state index in [2.05, 4.69) is 34.0 Å². The number of hydrogen-bond acceptors (Lipinski definition) is 5. The molecule has 2 aromatic heterocycles. The molecule has 0 aromatic carbocycles. The second-order valence-electron chi connectivity index (χ2n) is 8.83. The Kier molecular flexibility index (Phi) is 6.48. The Morgan fingerprint density at radius 3 is 2.48 bits per heavy atom. The van der Waals surface area contributed by atoms with Crippen LogP contribution in [0.15, 0.2) is 12.1 Å². The van der Waals surface area contributed by atoms with E-state index in [0.717, 1.165) is 55.9 Å². The van der Waals surface area contributed by atoms with Crippen molar-refractivity contribution in [3.05, 3.63) is 17.8 Å². The minimum Gasteiger partial charge on any atom is -0.357 e. The summed E-state index contributed by atoms with van der Waals surface area (Å²) in [5.74, 6) is 1.68. The molecule has 0 bridgehead atoms. The van der Waals surface area contributed by atoms with Crippen molar-refractivity contribution >= 4 is 22.6 Å². The third kappa shape index (κ3) is 4.63. The monoisotopic (exact) mass is 397 g/mol. The molecule has 0 unspecified atom stereocenters. The highest BCUT2D eigenvalue weighted by molar-refractivity contribution is 6.05. The van der Waals surface area contributed by atoms with E-state index in [0.29, 0.717) is 18.0 Å². The van der Waals surface area contributed by atoms with Gasteiger partial charge in [0.2, 0.25) is 0 Å². The summed E-state index contributed by atoms with van der Waals surface area (Å²) in [6.07, 6.45) is 9.12. The molecule has 158 valence electrons. The predicted molar refractivity (Wildman–Crippen MR) is 118 cm³/mol. The average Bonchev–Trinajstić information content (AvgIpc) is 2.90. The van der Waals surface area contributed by atoms with Gasteiger partial charge in [-0.15, -0.1) is 0 Å². The topological polar surface area (TPSA) is 54.3 Å². The normalized spacial score (nSPS) is 19.6. The zero-order valence-electron chi connectivity index (χ0n) is 18.1. The van der Waals surface area contributed by atoms with E-state index in [1.54, 1.807) is 4.68 Å². The van der Waals surface area contributed by atoms with Gasteiger partial charge in [0, 0.05) is 26.6 Å². The molecule has 0 radical (unpaired) electrons. The molecule has 0 spiro atoms. The van der Waals surface area contributed by atoms with Gasteiger partial charge in [-0.25, -0.2) is 9.67 Å². The number of aryl methyl sites for hydroxylation is 1. The van der Waals surface area contributed by atoms with E-state index >= 15 is 0 Å². The highest BCUT2D eigenvalue weighted by Gasteiger charge is 2.25. The lowest BCUT2D eigenvalue weighted by Gasteiger charge is -2.31. The van der Waals surface area contributed by atoms with Gasteiger partial charge in [0.1, 0.15) is 11.5 Å². The maximum Gasteiger partial charge on any atom is 0.184 e.